The fourth-order valence-electron chi connectivity index (χ4n) is 1.96. The van der Waals surface area contributed by atoms with Crippen LogP contribution in [0, 0.1) is 0 Å². The molecular weight excluding hydrogens is 246 g/mol. The summed E-state index contributed by atoms with van der Waals surface area (Å²) in [6.07, 6.45) is 4.15. The fraction of sp³-hybridized carbons (Fsp3) is 0.538. The number of thioether (sulfide) groups is 1. The van der Waals surface area contributed by atoms with Crippen LogP contribution in [0.3, 0.4) is 0 Å². The van der Waals surface area contributed by atoms with Gasteiger partial charge in [0.2, 0.25) is 0 Å². The van der Waals surface area contributed by atoms with Crippen LogP contribution >= 0.6 is 11.8 Å². The van der Waals surface area contributed by atoms with Gasteiger partial charge in [0.25, 0.3) is 5.91 Å². The minimum absolute atomic E-state index is 0.0101. The molecule has 1 aliphatic rings. The summed E-state index contributed by atoms with van der Waals surface area (Å²) in [5.74, 6) is 1.96. The van der Waals surface area contributed by atoms with Gasteiger partial charge in [0.15, 0.2) is 0 Å². The van der Waals surface area contributed by atoms with Crippen molar-refractivity contribution in [3.05, 3.63) is 23.9 Å². The third kappa shape index (κ3) is 3.63. The Labute approximate surface area is 112 Å². The van der Waals surface area contributed by atoms with Crippen LogP contribution in [0.25, 0.3) is 0 Å². The predicted octanol–water partition coefficient (Wildman–Crippen LogP) is 2.14. The molecule has 0 bridgehead atoms. The van der Waals surface area contributed by atoms with Crippen molar-refractivity contribution in [1.82, 2.24) is 10.3 Å². The molecule has 18 heavy (non-hydrogen) atoms. The van der Waals surface area contributed by atoms with Gasteiger partial charge in [-0.1, -0.05) is 0 Å². The van der Waals surface area contributed by atoms with Gasteiger partial charge < -0.3 is 10.6 Å². The smallest absolute Gasteiger partial charge is 0.251 e. The van der Waals surface area contributed by atoms with E-state index < -0.39 is 0 Å². The zero-order valence-electron chi connectivity index (χ0n) is 10.6. The number of nitrogens with zero attached hydrogens (tertiary/aromatic N) is 1. The van der Waals surface area contributed by atoms with Gasteiger partial charge in [0.05, 0.1) is 0 Å². The molecule has 1 aliphatic heterocycles. The third-order valence-corrected chi connectivity index (χ3v) is 4.29. The quantitative estimate of drug-likeness (QED) is 0.856. The lowest BCUT2D eigenvalue weighted by molar-refractivity contribution is 0.0953. The molecule has 1 aromatic heterocycles. The van der Waals surface area contributed by atoms with E-state index in [-0.39, 0.29) is 5.91 Å². The lowest BCUT2D eigenvalue weighted by Crippen LogP contribution is -2.29. The van der Waals surface area contributed by atoms with E-state index in [1.165, 1.54) is 18.6 Å². The van der Waals surface area contributed by atoms with E-state index in [4.69, 9.17) is 0 Å². The maximum Gasteiger partial charge on any atom is 0.251 e. The topological polar surface area (TPSA) is 54.0 Å². The number of anilines is 1. The minimum atomic E-state index is -0.0101. The standard InChI is InChI=1S/C13H19N3OS/c1-2-14-12-8-10(5-6-15-12)13(17)16-9-11-4-3-7-18-11/h5-6,8,11H,2-4,7,9H2,1H3,(H,14,15)(H,16,17). The lowest BCUT2D eigenvalue weighted by Gasteiger charge is -2.10. The second kappa shape index (κ2) is 6.64. The van der Waals surface area contributed by atoms with Crippen molar-refractivity contribution in [2.45, 2.75) is 25.0 Å². The van der Waals surface area contributed by atoms with Crippen LogP contribution in [0.4, 0.5) is 5.82 Å². The summed E-state index contributed by atoms with van der Waals surface area (Å²) in [5, 5.41) is 6.69. The van der Waals surface area contributed by atoms with Gasteiger partial charge in [-0.3, -0.25) is 4.79 Å². The number of carbonyl (C=O) groups excluding carboxylic acids is 1. The molecule has 1 atom stereocenters. The molecule has 1 unspecified atom stereocenters. The number of pyridine rings is 1. The number of aromatic nitrogens is 1. The van der Waals surface area contributed by atoms with Crippen LogP contribution < -0.4 is 10.6 Å². The molecule has 1 fully saturated rings. The molecule has 1 aromatic rings. The molecule has 0 radical (unpaired) electrons. The van der Waals surface area contributed by atoms with E-state index >= 15 is 0 Å². The van der Waals surface area contributed by atoms with Gasteiger partial charge in [0.1, 0.15) is 5.82 Å². The van der Waals surface area contributed by atoms with Crippen molar-refractivity contribution in [3.63, 3.8) is 0 Å². The Bertz CT molecular complexity index is 405. The number of hydrogen-bond donors (Lipinski definition) is 2. The van der Waals surface area contributed by atoms with E-state index in [9.17, 15) is 4.79 Å². The van der Waals surface area contributed by atoms with E-state index in [1.807, 2.05) is 18.7 Å². The normalized spacial score (nSPS) is 18.6. The molecule has 2 heterocycles. The van der Waals surface area contributed by atoms with Crippen LogP contribution in [0.15, 0.2) is 18.3 Å². The molecular formula is C13H19N3OS. The lowest BCUT2D eigenvalue weighted by atomic mass is 10.2. The number of carbonyl (C=O) groups is 1. The van der Waals surface area contributed by atoms with Gasteiger partial charge in [-0.2, -0.15) is 11.8 Å². The zero-order valence-corrected chi connectivity index (χ0v) is 11.4. The van der Waals surface area contributed by atoms with Crippen molar-refractivity contribution in [3.8, 4) is 0 Å². The van der Waals surface area contributed by atoms with Crippen molar-refractivity contribution in [2.24, 2.45) is 0 Å². The van der Waals surface area contributed by atoms with Crippen LogP contribution in [0.2, 0.25) is 0 Å². The first kappa shape index (κ1) is 13.2. The molecule has 98 valence electrons. The van der Waals surface area contributed by atoms with Crippen LogP contribution in [-0.4, -0.2) is 35.0 Å². The average Bonchev–Trinajstić information content (AvgIpc) is 2.90. The van der Waals surface area contributed by atoms with E-state index in [2.05, 4.69) is 15.6 Å². The van der Waals surface area contributed by atoms with E-state index in [0.717, 1.165) is 18.9 Å². The maximum absolute atomic E-state index is 12.0. The summed E-state index contributed by atoms with van der Waals surface area (Å²) in [6, 6.07) is 3.54. The fourth-order valence-corrected chi connectivity index (χ4v) is 3.16. The van der Waals surface area contributed by atoms with Gasteiger partial charge in [0, 0.05) is 30.1 Å². The highest BCUT2D eigenvalue weighted by Gasteiger charge is 2.16. The van der Waals surface area contributed by atoms with Gasteiger partial charge in [-0.25, -0.2) is 4.98 Å². The zero-order chi connectivity index (χ0) is 12.8. The Balaban J connectivity index is 1.89. The van der Waals surface area contributed by atoms with Gasteiger partial charge in [-0.05, 0) is 37.7 Å². The Hall–Kier alpha value is -1.23. The van der Waals surface area contributed by atoms with Crippen molar-refractivity contribution in [2.75, 3.05) is 24.2 Å². The first-order valence-electron chi connectivity index (χ1n) is 6.39. The highest BCUT2D eigenvalue weighted by molar-refractivity contribution is 8.00. The third-order valence-electron chi connectivity index (χ3n) is 2.89. The van der Waals surface area contributed by atoms with Crippen LogP contribution in [-0.2, 0) is 0 Å². The summed E-state index contributed by atoms with van der Waals surface area (Å²) in [4.78, 5) is 16.1. The molecule has 2 rings (SSSR count). The van der Waals surface area contributed by atoms with E-state index in [1.54, 1.807) is 18.3 Å². The molecule has 2 N–H and O–H groups in total. The highest BCUT2D eigenvalue weighted by atomic mass is 32.2. The molecule has 0 spiro atoms. The number of hydrogen-bond acceptors (Lipinski definition) is 4. The molecule has 4 nitrogen and oxygen atoms in total. The summed E-state index contributed by atoms with van der Waals surface area (Å²) in [6.45, 7) is 3.57. The number of nitrogens with one attached hydrogen (secondary N) is 2. The summed E-state index contributed by atoms with van der Waals surface area (Å²) in [7, 11) is 0. The molecule has 0 aromatic carbocycles. The van der Waals surface area contributed by atoms with E-state index in [0.29, 0.717) is 10.8 Å². The molecule has 1 amide bonds. The van der Waals surface area contributed by atoms with Crippen molar-refractivity contribution >= 4 is 23.5 Å². The Kier molecular flexibility index (Phi) is 4.87. The maximum atomic E-state index is 12.0. The van der Waals surface area contributed by atoms with Crippen molar-refractivity contribution in [1.29, 1.82) is 0 Å². The minimum Gasteiger partial charge on any atom is -0.370 e. The SMILES string of the molecule is CCNc1cc(C(=O)NCC2CCCS2)ccn1. The highest BCUT2D eigenvalue weighted by Crippen LogP contribution is 2.25. The molecule has 1 saturated heterocycles. The molecule has 0 saturated carbocycles. The van der Waals surface area contributed by atoms with Gasteiger partial charge in [-0.15, -0.1) is 0 Å². The van der Waals surface area contributed by atoms with Crippen LogP contribution in [0.5, 0.6) is 0 Å². The monoisotopic (exact) mass is 265 g/mol. The second-order valence-electron chi connectivity index (χ2n) is 4.31. The average molecular weight is 265 g/mol. The predicted molar refractivity (Wildman–Crippen MR) is 76.2 cm³/mol. The summed E-state index contributed by atoms with van der Waals surface area (Å²) >= 11 is 1.95. The van der Waals surface area contributed by atoms with Crippen molar-refractivity contribution < 1.29 is 4.79 Å². The first-order chi connectivity index (χ1) is 8.79. The summed E-state index contributed by atoms with van der Waals surface area (Å²) in [5.41, 5.74) is 0.670. The number of rotatable bonds is 5. The Morgan fingerprint density at radius 1 is 1.61 bits per heavy atom. The molecule has 0 aliphatic carbocycles. The second-order valence-corrected chi connectivity index (χ2v) is 5.71. The molecule has 5 heteroatoms. The largest absolute Gasteiger partial charge is 0.370 e. The number of amides is 1. The van der Waals surface area contributed by atoms with Crippen LogP contribution in [0.1, 0.15) is 30.1 Å². The van der Waals surface area contributed by atoms with Gasteiger partial charge >= 0.3 is 0 Å². The summed E-state index contributed by atoms with van der Waals surface area (Å²) < 4.78 is 0. The Morgan fingerprint density at radius 3 is 3.22 bits per heavy atom. The first-order valence-corrected chi connectivity index (χ1v) is 7.44. The Morgan fingerprint density at radius 2 is 2.50 bits per heavy atom.